The second kappa shape index (κ2) is 9.32. The molecule has 1 aliphatic rings. The summed E-state index contributed by atoms with van der Waals surface area (Å²) >= 11 is 0. The van der Waals surface area contributed by atoms with Crippen molar-refractivity contribution in [1.29, 1.82) is 0 Å². The van der Waals surface area contributed by atoms with E-state index in [-0.39, 0.29) is 11.9 Å². The molecular weight excluding hydrogens is 388 g/mol. The lowest BCUT2D eigenvalue weighted by Crippen LogP contribution is -3.28. The number of rotatable bonds is 8. The first kappa shape index (κ1) is 21.9. The quantitative estimate of drug-likeness (QED) is 0.588. The van der Waals surface area contributed by atoms with Crippen LogP contribution in [0.4, 0.5) is 0 Å². The molecule has 1 aromatic carbocycles. The van der Waals surface area contributed by atoms with Gasteiger partial charge in [-0.15, -0.1) is 5.10 Å². The third-order valence-corrected chi connectivity index (χ3v) is 7.42. The standard InChI is InChI=1S/C20H32N6O2S/c1-5-24-10-12-25(13-11-24)19(14-16(2)3)20-21-22-23-26(20)15-29(27,28)18-8-6-17(4)7-9-18/h6-9,16,19H,5,10-15H2,1-4H3/p+2/t19-/m0/s1. The molecule has 9 heteroatoms. The first-order valence-electron chi connectivity index (χ1n) is 10.5. The zero-order valence-electron chi connectivity index (χ0n) is 17.9. The van der Waals surface area contributed by atoms with Crippen LogP contribution < -0.4 is 9.80 Å². The number of hydrogen-bond donors (Lipinski definition) is 2. The van der Waals surface area contributed by atoms with Gasteiger partial charge in [0.2, 0.25) is 5.82 Å². The van der Waals surface area contributed by atoms with Gasteiger partial charge in [0.05, 0.1) is 11.4 Å². The fraction of sp³-hybridized carbons (Fsp3) is 0.650. The number of likely N-dealkylation sites (N-methyl/N-ethyl adjacent to an activating group) is 1. The summed E-state index contributed by atoms with van der Waals surface area (Å²) in [6.45, 7) is 14.1. The SMILES string of the molecule is CC[NH+]1CC[NH+]([C@@H](CC(C)C)c2nnnn2CS(=O)(=O)c2ccc(C)cc2)CC1. The Morgan fingerprint density at radius 3 is 2.34 bits per heavy atom. The van der Waals surface area contributed by atoms with Crippen LogP contribution >= 0.6 is 0 Å². The number of nitrogens with zero attached hydrogens (tertiary/aromatic N) is 4. The summed E-state index contributed by atoms with van der Waals surface area (Å²) in [6.07, 6.45) is 0.932. The van der Waals surface area contributed by atoms with Gasteiger partial charge in [-0.3, -0.25) is 0 Å². The molecule has 1 atom stereocenters. The molecule has 1 aliphatic heterocycles. The van der Waals surface area contributed by atoms with Crippen molar-refractivity contribution in [2.45, 2.75) is 50.9 Å². The van der Waals surface area contributed by atoms with Crippen LogP contribution in [0.3, 0.4) is 0 Å². The van der Waals surface area contributed by atoms with E-state index < -0.39 is 9.84 Å². The minimum atomic E-state index is -3.52. The summed E-state index contributed by atoms with van der Waals surface area (Å²) in [5, 5.41) is 12.2. The van der Waals surface area contributed by atoms with E-state index in [0.717, 1.165) is 44.7 Å². The Balaban J connectivity index is 1.84. The van der Waals surface area contributed by atoms with Crippen molar-refractivity contribution in [2.24, 2.45) is 5.92 Å². The molecule has 160 valence electrons. The summed E-state index contributed by atoms with van der Waals surface area (Å²) < 4.78 is 27.4. The van der Waals surface area contributed by atoms with Crippen molar-refractivity contribution in [3.8, 4) is 0 Å². The fourth-order valence-corrected chi connectivity index (χ4v) is 5.29. The van der Waals surface area contributed by atoms with Crippen molar-refractivity contribution in [3.05, 3.63) is 35.7 Å². The molecule has 0 radical (unpaired) electrons. The van der Waals surface area contributed by atoms with Crippen LogP contribution in [0.5, 0.6) is 0 Å². The molecule has 0 unspecified atom stereocenters. The maximum atomic E-state index is 12.9. The molecule has 29 heavy (non-hydrogen) atoms. The minimum Gasteiger partial charge on any atom is -0.326 e. The molecule has 2 aromatic rings. The minimum absolute atomic E-state index is 0.108. The Labute approximate surface area is 173 Å². The van der Waals surface area contributed by atoms with Crippen molar-refractivity contribution in [2.75, 3.05) is 32.7 Å². The van der Waals surface area contributed by atoms with E-state index in [9.17, 15) is 8.42 Å². The van der Waals surface area contributed by atoms with Gasteiger partial charge in [-0.2, -0.15) is 0 Å². The van der Waals surface area contributed by atoms with E-state index in [2.05, 4.69) is 36.3 Å². The van der Waals surface area contributed by atoms with E-state index in [4.69, 9.17) is 0 Å². The Hall–Kier alpha value is -1.84. The molecular formula is C20H34N6O2S+2. The summed E-state index contributed by atoms with van der Waals surface area (Å²) in [6, 6.07) is 7.04. The van der Waals surface area contributed by atoms with Crippen LogP contribution in [0.2, 0.25) is 0 Å². The average molecular weight is 423 g/mol. The molecule has 2 heterocycles. The molecule has 1 fully saturated rings. The van der Waals surface area contributed by atoms with Gasteiger partial charge >= 0.3 is 0 Å². The van der Waals surface area contributed by atoms with Gasteiger partial charge in [0.1, 0.15) is 26.2 Å². The van der Waals surface area contributed by atoms with Crippen molar-refractivity contribution < 1.29 is 18.2 Å². The number of hydrogen-bond acceptors (Lipinski definition) is 5. The van der Waals surface area contributed by atoms with Gasteiger partial charge in [0.15, 0.2) is 21.8 Å². The van der Waals surface area contributed by atoms with Crippen molar-refractivity contribution in [3.63, 3.8) is 0 Å². The number of nitrogens with one attached hydrogen (secondary N) is 2. The molecule has 1 aromatic heterocycles. The van der Waals surface area contributed by atoms with E-state index in [1.165, 1.54) is 9.58 Å². The van der Waals surface area contributed by atoms with Gasteiger partial charge in [-0.05, 0) is 42.3 Å². The van der Waals surface area contributed by atoms with Crippen LogP contribution in [0, 0.1) is 12.8 Å². The summed E-state index contributed by atoms with van der Waals surface area (Å²) in [7, 11) is -3.52. The first-order chi connectivity index (χ1) is 13.8. The largest absolute Gasteiger partial charge is 0.326 e. The molecule has 0 aliphatic carbocycles. The summed E-state index contributed by atoms with van der Waals surface area (Å²) in [5.74, 6) is 0.930. The van der Waals surface area contributed by atoms with Crippen LogP contribution in [0.1, 0.15) is 44.6 Å². The molecule has 0 spiro atoms. The molecule has 2 N–H and O–H groups in total. The highest BCUT2D eigenvalue weighted by Crippen LogP contribution is 2.19. The van der Waals surface area contributed by atoms with Gasteiger partial charge in [0.25, 0.3) is 0 Å². The number of aromatic nitrogens is 4. The number of piperazine rings is 1. The normalized spacial score (nSPS) is 21.4. The molecule has 8 nitrogen and oxygen atoms in total. The molecule has 0 saturated carbocycles. The summed E-state index contributed by atoms with van der Waals surface area (Å²) in [5.41, 5.74) is 1.03. The monoisotopic (exact) mass is 422 g/mol. The van der Waals surface area contributed by atoms with E-state index in [1.54, 1.807) is 17.0 Å². The lowest BCUT2D eigenvalue weighted by molar-refractivity contribution is -1.03. The summed E-state index contributed by atoms with van der Waals surface area (Å²) in [4.78, 5) is 3.38. The highest BCUT2D eigenvalue weighted by molar-refractivity contribution is 7.90. The van der Waals surface area contributed by atoms with Crippen LogP contribution in [-0.2, 0) is 15.7 Å². The lowest BCUT2D eigenvalue weighted by atomic mass is 10.0. The number of aryl methyl sites for hydroxylation is 1. The highest BCUT2D eigenvalue weighted by Gasteiger charge is 2.35. The number of benzene rings is 1. The topological polar surface area (TPSA) is 86.6 Å². The Morgan fingerprint density at radius 2 is 1.76 bits per heavy atom. The maximum absolute atomic E-state index is 12.9. The highest BCUT2D eigenvalue weighted by atomic mass is 32.2. The van der Waals surface area contributed by atoms with Gasteiger partial charge in [-0.1, -0.05) is 31.5 Å². The Kier molecular flexibility index (Phi) is 7.02. The fourth-order valence-electron chi connectivity index (χ4n) is 4.09. The molecule has 3 rings (SSSR count). The maximum Gasteiger partial charge on any atom is 0.210 e. The number of quaternary nitrogens is 2. The predicted molar refractivity (Wildman–Crippen MR) is 110 cm³/mol. The van der Waals surface area contributed by atoms with Crippen LogP contribution in [0.15, 0.2) is 29.2 Å². The second-order valence-corrected chi connectivity index (χ2v) is 10.5. The average Bonchev–Trinajstić information content (AvgIpc) is 3.13. The lowest BCUT2D eigenvalue weighted by Gasteiger charge is -2.34. The van der Waals surface area contributed by atoms with E-state index >= 15 is 0 Å². The molecule has 0 bridgehead atoms. The second-order valence-electron chi connectivity index (χ2n) is 8.54. The van der Waals surface area contributed by atoms with Crippen LogP contribution in [-0.4, -0.2) is 61.3 Å². The van der Waals surface area contributed by atoms with Gasteiger partial charge in [0, 0.05) is 6.42 Å². The van der Waals surface area contributed by atoms with Crippen molar-refractivity contribution >= 4 is 9.84 Å². The number of sulfone groups is 1. The third kappa shape index (κ3) is 5.40. The predicted octanol–water partition coefficient (Wildman–Crippen LogP) is -0.697. The first-order valence-corrected chi connectivity index (χ1v) is 12.2. The number of tetrazole rings is 1. The van der Waals surface area contributed by atoms with E-state index in [1.807, 2.05) is 19.1 Å². The smallest absolute Gasteiger partial charge is 0.210 e. The Bertz CT molecular complexity index is 886. The third-order valence-electron chi connectivity index (χ3n) is 5.84. The molecule has 0 amide bonds. The Morgan fingerprint density at radius 1 is 1.10 bits per heavy atom. The zero-order valence-corrected chi connectivity index (χ0v) is 18.7. The van der Waals surface area contributed by atoms with Crippen LogP contribution in [0.25, 0.3) is 0 Å². The van der Waals surface area contributed by atoms with E-state index in [0.29, 0.717) is 16.6 Å². The zero-order chi connectivity index (χ0) is 21.0. The van der Waals surface area contributed by atoms with Gasteiger partial charge in [-0.25, -0.2) is 13.1 Å². The molecule has 1 saturated heterocycles. The van der Waals surface area contributed by atoms with Crippen molar-refractivity contribution in [1.82, 2.24) is 20.2 Å². The van der Waals surface area contributed by atoms with Gasteiger partial charge < -0.3 is 9.80 Å².